The fraction of sp³-hybridized carbons (Fsp3) is 0.842. The van der Waals surface area contributed by atoms with E-state index in [1.165, 1.54) is 0 Å². The molecule has 2 radical (unpaired) electrons. The van der Waals surface area contributed by atoms with Gasteiger partial charge in [-0.05, 0) is 76.2 Å². The summed E-state index contributed by atoms with van der Waals surface area (Å²) in [5, 5.41) is 0. The zero-order valence-electron chi connectivity index (χ0n) is 14.9. The van der Waals surface area contributed by atoms with Crippen LogP contribution in [0.25, 0.3) is 0 Å². The quantitative estimate of drug-likeness (QED) is 0.624. The number of alkyl halides is 3. The zero-order valence-corrected chi connectivity index (χ0v) is 14.9. The Bertz CT molecular complexity index is 537. The number of ether oxygens (including phenoxy) is 2. The molecule has 1 unspecified atom stereocenters. The van der Waals surface area contributed by atoms with E-state index in [0.29, 0.717) is 12.3 Å². The van der Waals surface area contributed by atoms with Crippen LogP contribution in [0.15, 0.2) is 11.3 Å². The van der Waals surface area contributed by atoms with E-state index in [9.17, 15) is 13.2 Å². The number of hydrogen-bond acceptors (Lipinski definition) is 2. The summed E-state index contributed by atoms with van der Waals surface area (Å²) < 4.78 is 52.3. The zero-order chi connectivity index (χ0) is 17.9. The monoisotopic (exact) mass is 344 g/mol. The van der Waals surface area contributed by atoms with Crippen LogP contribution in [-0.4, -0.2) is 18.1 Å². The predicted molar refractivity (Wildman–Crippen MR) is 84.8 cm³/mol. The molecule has 5 atom stereocenters. The Labute approximate surface area is 142 Å². The number of hydrogen-bond donors (Lipinski definition) is 0. The molecule has 0 spiro atoms. The van der Waals surface area contributed by atoms with Gasteiger partial charge in [-0.2, -0.15) is 13.2 Å². The van der Waals surface area contributed by atoms with Gasteiger partial charge in [0, 0.05) is 5.41 Å². The van der Waals surface area contributed by atoms with Crippen molar-refractivity contribution in [1.82, 2.24) is 0 Å². The van der Waals surface area contributed by atoms with E-state index in [1.807, 2.05) is 20.8 Å². The lowest BCUT2D eigenvalue weighted by molar-refractivity contribution is -0.284. The van der Waals surface area contributed by atoms with Crippen molar-refractivity contribution in [2.75, 3.05) is 0 Å². The fourth-order valence-corrected chi connectivity index (χ4v) is 5.25. The van der Waals surface area contributed by atoms with E-state index < -0.39 is 29.2 Å². The van der Waals surface area contributed by atoms with Crippen molar-refractivity contribution < 1.29 is 22.6 Å². The Morgan fingerprint density at radius 1 is 1.17 bits per heavy atom. The van der Waals surface area contributed by atoms with Crippen LogP contribution in [0.1, 0.15) is 59.8 Å². The van der Waals surface area contributed by atoms with Gasteiger partial charge < -0.3 is 9.47 Å². The summed E-state index contributed by atoms with van der Waals surface area (Å²) in [5.74, 6) is -0.419. The lowest BCUT2D eigenvalue weighted by Gasteiger charge is -2.56. The summed E-state index contributed by atoms with van der Waals surface area (Å²) in [6.07, 6.45) is -2.12. The maximum Gasteiger partial charge on any atom is 0.448 e. The average molecular weight is 344 g/mol. The van der Waals surface area contributed by atoms with E-state index in [4.69, 9.17) is 16.4 Å². The van der Waals surface area contributed by atoms with Crippen molar-refractivity contribution in [3.05, 3.63) is 18.3 Å². The van der Waals surface area contributed by atoms with E-state index in [-0.39, 0.29) is 23.8 Å². The first-order valence-electron chi connectivity index (χ1n) is 8.85. The van der Waals surface area contributed by atoms with Crippen molar-refractivity contribution in [1.29, 1.82) is 0 Å². The van der Waals surface area contributed by atoms with Crippen molar-refractivity contribution >= 4 is 0 Å². The van der Waals surface area contributed by atoms with Crippen LogP contribution >= 0.6 is 0 Å². The second kappa shape index (κ2) is 5.65. The third kappa shape index (κ3) is 2.67. The molecule has 2 heterocycles. The van der Waals surface area contributed by atoms with Gasteiger partial charge in [-0.3, -0.25) is 0 Å². The van der Waals surface area contributed by atoms with Crippen LogP contribution in [0.2, 0.25) is 0 Å². The van der Waals surface area contributed by atoms with Gasteiger partial charge in [0.15, 0.2) is 0 Å². The summed E-state index contributed by atoms with van der Waals surface area (Å²) in [6.45, 7) is 13.9. The molecule has 24 heavy (non-hydrogen) atoms. The SMILES string of the molecule is [CH]CC1=C(C(F)(F)F)O[C@@H]2OC(C)(C)CCC3[C@H](C)CC[C@@H]1[C@]32C. The molecule has 1 aliphatic carbocycles. The molecular formula is C19H27F3O2. The second-order valence-corrected chi connectivity index (χ2v) is 8.50. The summed E-state index contributed by atoms with van der Waals surface area (Å²) in [5.41, 5.74) is -0.734. The second-order valence-electron chi connectivity index (χ2n) is 8.50. The molecule has 2 aliphatic heterocycles. The van der Waals surface area contributed by atoms with Gasteiger partial charge in [0.05, 0.1) is 5.60 Å². The molecule has 0 aromatic carbocycles. The molecule has 2 nitrogen and oxygen atoms in total. The predicted octanol–water partition coefficient (Wildman–Crippen LogP) is 5.52. The minimum atomic E-state index is -4.53. The third-order valence-electron chi connectivity index (χ3n) is 6.55. The first-order valence-corrected chi connectivity index (χ1v) is 8.85. The molecular weight excluding hydrogens is 317 g/mol. The maximum atomic E-state index is 13.6. The van der Waals surface area contributed by atoms with Crippen LogP contribution in [0.3, 0.4) is 0 Å². The first-order chi connectivity index (χ1) is 11.0. The lowest BCUT2D eigenvalue weighted by atomic mass is 9.53. The first kappa shape index (κ1) is 18.1. The minimum absolute atomic E-state index is 0.119. The van der Waals surface area contributed by atoms with Crippen LogP contribution in [0.4, 0.5) is 13.2 Å². The molecule has 0 aromatic rings. The molecule has 1 saturated carbocycles. The van der Waals surface area contributed by atoms with Gasteiger partial charge in [0.2, 0.25) is 12.0 Å². The number of halogens is 3. The summed E-state index contributed by atoms with van der Waals surface area (Å²) >= 11 is 0. The molecule has 0 aromatic heterocycles. The molecule has 136 valence electrons. The van der Waals surface area contributed by atoms with Crippen LogP contribution in [-0.2, 0) is 9.47 Å². The van der Waals surface area contributed by atoms with Crippen LogP contribution < -0.4 is 0 Å². The van der Waals surface area contributed by atoms with Crippen LogP contribution in [0.5, 0.6) is 0 Å². The fourth-order valence-electron chi connectivity index (χ4n) is 5.25. The van der Waals surface area contributed by atoms with Crippen LogP contribution in [0, 0.1) is 30.1 Å². The van der Waals surface area contributed by atoms with Gasteiger partial charge in [-0.1, -0.05) is 13.8 Å². The molecule has 5 heteroatoms. The summed E-state index contributed by atoms with van der Waals surface area (Å²) in [7, 11) is 0. The number of rotatable bonds is 1. The van der Waals surface area contributed by atoms with Gasteiger partial charge in [0.25, 0.3) is 0 Å². The largest absolute Gasteiger partial charge is 0.459 e. The topological polar surface area (TPSA) is 18.5 Å². The summed E-state index contributed by atoms with van der Waals surface area (Å²) in [6, 6.07) is 0. The Hall–Kier alpha value is -0.710. The van der Waals surface area contributed by atoms with E-state index in [0.717, 1.165) is 19.3 Å². The van der Waals surface area contributed by atoms with Gasteiger partial charge in [-0.25, -0.2) is 0 Å². The van der Waals surface area contributed by atoms with Crippen molar-refractivity contribution in [3.8, 4) is 0 Å². The lowest BCUT2D eigenvalue weighted by Crippen LogP contribution is -2.56. The Kier molecular flexibility index (Phi) is 4.26. The highest BCUT2D eigenvalue weighted by molar-refractivity contribution is 5.26. The molecule has 0 amide bonds. The maximum absolute atomic E-state index is 13.6. The van der Waals surface area contributed by atoms with Crippen molar-refractivity contribution in [2.24, 2.45) is 23.2 Å². The molecule has 2 fully saturated rings. The Morgan fingerprint density at radius 3 is 2.42 bits per heavy atom. The normalized spacial score (nSPS) is 42.2. The standard InChI is InChI=1S/C19H27F3O2/c1-6-12-14-8-7-11(2)13-9-10-17(3,4)24-16(18(13,14)5)23-15(12)19(20,21)22/h1,11,13-14,16H,6-10H2,2-5H3/t11-,13?,14+,16-,18+/m1/s1. The summed E-state index contributed by atoms with van der Waals surface area (Å²) in [4.78, 5) is 0. The molecule has 3 aliphatic rings. The van der Waals surface area contributed by atoms with Gasteiger partial charge in [-0.15, -0.1) is 0 Å². The molecule has 1 saturated heterocycles. The minimum Gasteiger partial charge on any atom is -0.459 e. The highest BCUT2D eigenvalue weighted by Gasteiger charge is 2.61. The third-order valence-corrected chi connectivity index (χ3v) is 6.55. The smallest absolute Gasteiger partial charge is 0.448 e. The van der Waals surface area contributed by atoms with Crippen molar-refractivity contribution in [3.63, 3.8) is 0 Å². The van der Waals surface area contributed by atoms with Crippen molar-refractivity contribution in [2.45, 2.75) is 77.9 Å². The average Bonchev–Trinajstić information content (AvgIpc) is 2.55. The Morgan fingerprint density at radius 2 is 1.83 bits per heavy atom. The molecule has 0 bridgehead atoms. The Balaban J connectivity index is 2.14. The van der Waals surface area contributed by atoms with Gasteiger partial charge >= 0.3 is 6.18 Å². The van der Waals surface area contributed by atoms with E-state index in [1.54, 1.807) is 0 Å². The number of allylic oxidation sites excluding steroid dienone is 2. The molecule has 3 rings (SSSR count). The molecule has 0 N–H and O–H groups in total. The van der Waals surface area contributed by atoms with E-state index >= 15 is 0 Å². The van der Waals surface area contributed by atoms with Gasteiger partial charge in [0.1, 0.15) is 0 Å². The highest BCUT2D eigenvalue weighted by atomic mass is 19.4. The highest BCUT2D eigenvalue weighted by Crippen LogP contribution is 2.62. The van der Waals surface area contributed by atoms with E-state index in [2.05, 4.69) is 6.92 Å².